The number of hydrogen-bond donors (Lipinski definition) is 2. The van der Waals surface area contributed by atoms with E-state index in [4.69, 9.17) is 38.2 Å². The van der Waals surface area contributed by atoms with E-state index in [1.807, 2.05) is 0 Å². The summed E-state index contributed by atoms with van der Waals surface area (Å²) in [6.45, 7) is 0. The number of sulfonamides is 2. The Morgan fingerprint density at radius 2 is 1.29 bits per heavy atom. The summed E-state index contributed by atoms with van der Waals surface area (Å²) in [4.78, 5) is 21.9. The third-order valence-electron chi connectivity index (χ3n) is 4.32. The molecular formula is C21H17Cl2FN2O7S2. The van der Waals surface area contributed by atoms with Gasteiger partial charge in [0.25, 0.3) is 5.24 Å². The Morgan fingerprint density at radius 1 is 0.800 bits per heavy atom. The first-order chi connectivity index (χ1) is 16.1. The van der Waals surface area contributed by atoms with Crippen LogP contribution < -0.4 is 15.0 Å². The Bertz CT molecular complexity index is 1490. The van der Waals surface area contributed by atoms with Gasteiger partial charge in [0.2, 0.25) is 20.0 Å². The molecule has 0 saturated carbocycles. The molecule has 0 aliphatic heterocycles. The number of hydrogen-bond acceptors (Lipinski definition) is 7. The Kier molecular flexibility index (Phi) is 9.11. The summed E-state index contributed by atoms with van der Waals surface area (Å²) in [5, 5.41) is 8.86. The van der Waals surface area contributed by atoms with Crippen molar-refractivity contribution >= 4 is 54.3 Å². The van der Waals surface area contributed by atoms with E-state index in [1.54, 1.807) is 24.3 Å². The van der Waals surface area contributed by atoms with Crippen molar-refractivity contribution in [3.05, 3.63) is 88.2 Å². The number of rotatable bonds is 6. The molecule has 35 heavy (non-hydrogen) atoms. The molecule has 0 atom stereocenters. The summed E-state index contributed by atoms with van der Waals surface area (Å²) < 4.78 is 62.4. The topological polar surface area (TPSA) is 164 Å². The van der Waals surface area contributed by atoms with Crippen molar-refractivity contribution in [2.24, 2.45) is 10.3 Å². The van der Waals surface area contributed by atoms with Crippen molar-refractivity contribution < 1.29 is 35.6 Å². The molecule has 14 heteroatoms. The van der Waals surface area contributed by atoms with Crippen LogP contribution in [0.2, 0.25) is 5.02 Å². The van der Waals surface area contributed by atoms with E-state index in [1.165, 1.54) is 25.3 Å². The lowest BCUT2D eigenvalue weighted by atomic mass is 10.0. The second kappa shape index (κ2) is 11.2. The van der Waals surface area contributed by atoms with Gasteiger partial charge < -0.3 is 4.74 Å². The summed E-state index contributed by atoms with van der Waals surface area (Å²) in [6, 6.07) is 13.1. The average molecular weight is 563 g/mol. The summed E-state index contributed by atoms with van der Waals surface area (Å²) in [6.07, 6.45) is 0. The van der Waals surface area contributed by atoms with Gasteiger partial charge in [0, 0.05) is 16.7 Å². The normalized spacial score (nSPS) is 11.3. The molecule has 3 aromatic rings. The number of nitrogens with two attached hydrogens (primary N) is 2. The van der Waals surface area contributed by atoms with E-state index < -0.39 is 36.0 Å². The molecule has 9 nitrogen and oxygen atoms in total. The zero-order valence-corrected chi connectivity index (χ0v) is 20.9. The SMILES string of the molecule is COc1ccc(C(=O)c2ccc(Cl)c(S(N)(=O)=O)c2)cc1.NS(=O)(=O)c1cc(C(=O)Cl)ccc1F. The van der Waals surface area contributed by atoms with E-state index in [0.717, 1.165) is 18.2 Å². The molecule has 0 radical (unpaired) electrons. The zero-order chi connectivity index (χ0) is 26.6. The number of carbonyl (C=O) groups excluding carboxylic acids is 2. The molecular weight excluding hydrogens is 546 g/mol. The highest BCUT2D eigenvalue weighted by Gasteiger charge is 2.18. The fourth-order valence-electron chi connectivity index (χ4n) is 2.62. The van der Waals surface area contributed by atoms with Crippen molar-refractivity contribution in [2.45, 2.75) is 9.79 Å². The molecule has 0 amide bonds. The van der Waals surface area contributed by atoms with E-state index >= 15 is 0 Å². The van der Waals surface area contributed by atoms with Gasteiger partial charge in [-0.15, -0.1) is 0 Å². The molecule has 0 spiro atoms. The smallest absolute Gasteiger partial charge is 0.252 e. The average Bonchev–Trinajstić information content (AvgIpc) is 2.78. The highest BCUT2D eigenvalue weighted by Crippen LogP contribution is 2.23. The van der Waals surface area contributed by atoms with Crippen molar-refractivity contribution in [3.8, 4) is 5.75 Å². The lowest BCUT2D eigenvalue weighted by molar-refractivity contribution is 0.103. The Labute approximate surface area is 210 Å². The molecule has 3 aromatic carbocycles. The van der Waals surface area contributed by atoms with E-state index in [0.29, 0.717) is 11.3 Å². The van der Waals surface area contributed by atoms with Gasteiger partial charge >= 0.3 is 0 Å². The minimum Gasteiger partial charge on any atom is -0.497 e. The van der Waals surface area contributed by atoms with Gasteiger partial charge in [-0.2, -0.15) is 0 Å². The van der Waals surface area contributed by atoms with Crippen LogP contribution in [0.4, 0.5) is 4.39 Å². The molecule has 4 N–H and O–H groups in total. The molecule has 3 rings (SSSR count). The zero-order valence-electron chi connectivity index (χ0n) is 17.7. The maximum Gasteiger partial charge on any atom is 0.252 e. The third kappa shape index (κ3) is 7.56. The predicted molar refractivity (Wildman–Crippen MR) is 127 cm³/mol. The predicted octanol–water partition coefficient (Wildman–Crippen LogP) is 3.08. The quantitative estimate of drug-likeness (QED) is 0.344. The number of ether oxygens (including phenoxy) is 1. The first-order valence-corrected chi connectivity index (χ1v) is 13.0. The van der Waals surface area contributed by atoms with Gasteiger partial charge in [0.15, 0.2) is 5.78 Å². The van der Waals surface area contributed by atoms with Gasteiger partial charge in [-0.05, 0) is 72.3 Å². The molecule has 0 aliphatic carbocycles. The maximum absolute atomic E-state index is 12.9. The van der Waals surface area contributed by atoms with Crippen LogP contribution in [0.3, 0.4) is 0 Å². The lowest BCUT2D eigenvalue weighted by Crippen LogP contribution is -2.14. The van der Waals surface area contributed by atoms with E-state index in [2.05, 4.69) is 0 Å². The van der Waals surface area contributed by atoms with Gasteiger partial charge in [0.1, 0.15) is 21.4 Å². The number of benzene rings is 3. The Balaban J connectivity index is 0.000000269. The summed E-state index contributed by atoms with van der Waals surface area (Å²) >= 11 is 10.9. The summed E-state index contributed by atoms with van der Waals surface area (Å²) in [5.74, 6) is -0.735. The molecule has 0 unspecified atom stereocenters. The fourth-order valence-corrected chi connectivity index (χ4v) is 4.44. The van der Waals surface area contributed by atoms with E-state index in [9.17, 15) is 30.8 Å². The lowest BCUT2D eigenvalue weighted by Gasteiger charge is -2.06. The highest BCUT2D eigenvalue weighted by molar-refractivity contribution is 7.89. The minimum absolute atomic E-state index is 0.0243. The molecule has 0 aliphatic rings. The second-order valence-corrected chi connectivity index (χ2v) is 10.5. The first-order valence-electron chi connectivity index (χ1n) is 9.18. The summed E-state index contributed by atoms with van der Waals surface area (Å²) in [5.41, 5.74) is 0.462. The van der Waals surface area contributed by atoms with Gasteiger partial charge in [0.05, 0.1) is 12.1 Å². The van der Waals surface area contributed by atoms with Gasteiger partial charge in [-0.1, -0.05) is 11.6 Å². The number of methoxy groups -OCH3 is 1. The number of primary sulfonamides is 2. The van der Waals surface area contributed by atoms with Crippen molar-refractivity contribution in [1.29, 1.82) is 0 Å². The number of carbonyl (C=O) groups is 2. The largest absolute Gasteiger partial charge is 0.497 e. The van der Waals surface area contributed by atoms with Crippen molar-refractivity contribution in [2.75, 3.05) is 7.11 Å². The van der Waals surface area contributed by atoms with E-state index in [-0.39, 0.29) is 26.8 Å². The van der Waals surface area contributed by atoms with Crippen LogP contribution in [-0.2, 0) is 20.0 Å². The molecule has 0 heterocycles. The van der Waals surface area contributed by atoms with Crippen LogP contribution in [0, 0.1) is 5.82 Å². The molecule has 0 bridgehead atoms. The van der Waals surface area contributed by atoms with Crippen molar-refractivity contribution in [1.82, 2.24) is 0 Å². The number of halogens is 3. The molecule has 0 fully saturated rings. The third-order valence-corrected chi connectivity index (χ3v) is 6.85. The van der Waals surface area contributed by atoms with Gasteiger partial charge in [-0.25, -0.2) is 31.5 Å². The Morgan fingerprint density at radius 3 is 1.77 bits per heavy atom. The standard InChI is InChI=1S/C14H12ClNO4S.C7H5ClFNO3S/c1-20-11-5-2-9(3-6-11)14(17)10-4-7-12(15)13(8-10)21(16,18)19;8-7(11)4-1-2-5(9)6(3-4)14(10,12)13/h2-8H,1H3,(H2,16,18,19);1-3H,(H2,10,12,13). The fraction of sp³-hybridized carbons (Fsp3) is 0.0476. The van der Waals surface area contributed by atoms with Crippen LogP contribution in [-0.4, -0.2) is 35.0 Å². The van der Waals surface area contributed by atoms with Gasteiger partial charge in [-0.3, -0.25) is 9.59 Å². The molecule has 0 aromatic heterocycles. The van der Waals surface area contributed by atoms with Crippen molar-refractivity contribution in [3.63, 3.8) is 0 Å². The van der Waals surface area contributed by atoms with Crippen LogP contribution in [0.15, 0.2) is 70.5 Å². The van der Waals surface area contributed by atoms with Crippen LogP contribution in [0.25, 0.3) is 0 Å². The number of ketones is 1. The van der Waals surface area contributed by atoms with Crippen LogP contribution in [0.1, 0.15) is 26.3 Å². The Hall–Kier alpha value is -2.87. The second-order valence-electron chi connectivity index (χ2n) is 6.71. The monoisotopic (exact) mass is 562 g/mol. The first kappa shape index (κ1) is 28.4. The van der Waals surface area contributed by atoms with Crippen LogP contribution >= 0.6 is 23.2 Å². The molecule has 186 valence electrons. The minimum atomic E-state index is -4.18. The maximum atomic E-state index is 12.9. The molecule has 0 saturated heterocycles. The summed E-state index contributed by atoms with van der Waals surface area (Å²) in [7, 11) is -6.64. The van der Waals surface area contributed by atoms with Crippen LogP contribution in [0.5, 0.6) is 5.75 Å². The highest BCUT2D eigenvalue weighted by atomic mass is 35.5.